The Bertz CT molecular complexity index is 646. The number of nitrogens with one attached hydrogen (secondary N) is 2. The number of hydrogen-bond donors (Lipinski definition) is 2. The third kappa shape index (κ3) is 4.86. The molecule has 1 aliphatic heterocycles. The Morgan fingerprint density at radius 2 is 2.08 bits per heavy atom. The van der Waals surface area contributed by atoms with Gasteiger partial charge >= 0.3 is 0 Å². The van der Waals surface area contributed by atoms with Gasteiger partial charge in [0.1, 0.15) is 0 Å². The Hall–Kier alpha value is -1.28. The number of guanidine groups is 1. The molecule has 0 bridgehead atoms. The van der Waals surface area contributed by atoms with Crippen LogP contribution >= 0.6 is 11.3 Å². The number of rotatable bonds is 5. The SMILES string of the molecule is CN=C(NCC(C)(C)S(C)(=O)=O)NC1CCN(c2cccs2)CC1. The number of hydrogen-bond acceptors (Lipinski definition) is 5. The molecule has 0 spiro atoms. The Morgan fingerprint density at radius 1 is 1.42 bits per heavy atom. The first-order chi connectivity index (χ1) is 11.2. The standard InChI is InChI=1S/C16H28N4O2S2/c1-16(2,24(4,21)22)12-18-15(17-3)19-13-7-9-20(10-8-13)14-6-5-11-23-14/h5-6,11,13H,7-10,12H2,1-4H3,(H2,17,18,19). The van der Waals surface area contributed by atoms with Crippen LogP contribution in [-0.2, 0) is 9.84 Å². The van der Waals surface area contributed by atoms with E-state index in [1.165, 1.54) is 11.3 Å². The predicted molar refractivity (Wildman–Crippen MR) is 103 cm³/mol. The molecule has 1 aromatic rings. The molecule has 2 rings (SSSR count). The quantitative estimate of drug-likeness (QED) is 0.608. The molecule has 0 aromatic carbocycles. The summed E-state index contributed by atoms with van der Waals surface area (Å²) in [5.41, 5.74) is 0. The number of piperidine rings is 1. The van der Waals surface area contributed by atoms with Gasteiger partial charge in [-0.25, -0.2) is 8.42 Å². The van der Waals surface area contributed by atoms with E-state index in [1.54, 1.807) is 32.2 Å². The molecule has 1 saturated heterocycles. The molecule has 1 aromatic heterocycles. The first-order valence-corrected chi connectivity index (χ1v) is 11.0. The number of aliphatic imine (C=N–C) groups is 1. The predicted octanol–water partition coefficient (Wildman–Crippen LogP) is 1.71. The van der Waals surface area contributed by atoms with Gasteiger partial charge in [0.25, 0.3) is 0 Å². The van der Waals surface area contributed by atoms with Crippen molar-refractivity contribution in [3.05, 3.63) is 17.5 Å². The van der Waals surface area contributed by atoms with Crippen LogP contribution in [0, 0.1) is 0 Å². The van der Waals surface area contributed by atoms with Crippen molar-refractivity contribution < 1.29 is 8.42 Å². The fraction of sp³-hybridized carbons (Fsp3) is 0.688. The number of thiophene rings is 1. The maximum atomic E-state index is 11.8. The lowest BCUT2D eigenvalue weighted by Gasteiger charge is -2.34. The van der Waals surface area contributed by atoms with Crippen molar-refractivity contribution in [2.45, 2.75) is 37.5 Å². The van der Waals surface area contributed by atoms with Gasteiger partial charge in [-0.2, -0.15) is 0 Å². The second-order valence-electron chi connectivity index (χ2n) is 6.81. The van der Waals surface area contributed by atoms with Gasteiger partial charge in [-0.3, -0.25) is 4.99 Å². The van der Waals surface area contributed by atoms with E-state index in [2.05, 4.69) is 38.0 Å². The average molecular weight is 373 g/mol. The fourth-order valence-electron chi connectivity index (χ4n) is 2.51. The molecule has 6 nitrogen and oxygen atoms in total. The summed E-state index contributed by atoms with van der Waals surface area (Å²) in [6.45, 7) is 5.82. The highest BCUT2D eigenvalue weighted by Gasteiger charge is 2.30. The summed E-state index contributed by atoms with van der Waals surface area (Å²) in [7, 11) is -1.41. The molecule has 8 heteroatoms. The molecule has 0 atom stereocenters. The molecule has 0 unspecified atom stereocenters. The van der Waals surface area contributed by atoms with E-state index in [1.807, 2.05) is 0 Å². The third-order valence-corrected chi connectivity index (χ3v) is 7.64. The minimum absolute atomic E-state index is 0.333. The number of nitrogens with zero attached hydrogens (tertiary/aromatic N) is 2. The molecule has 2 N–H and O–H groups in total. The first kappa shape index (κ1) is 19.1. The van der Waals surface area contributed by atoms with Crippen LogP contribution in [-0.4, -0.2) is 58.1 Å². The summed E-state index contributed by atoms with van der Waals surface area (Å²) in [5.74, 6) is 0.668. The number of sulfone groups is 1. The van der Waals surface area contributed by atoms with E-state index >= 15 is 0 Å². The van der Waals surface area contributed by atoms with Crippen LogP contribution in [0.15, 0.2) is 22.5 Å². The summed E-state index contributed by atoms with van der Waals surface area (Å²) < 4.78 is 22.7. The zero-order chi connectivity index (χ0) is 17.8. The van der Waals surface area contributed by atoms with E-state index in [9.17, 15) is 8.42 Å². The van der Waals surface area contributed by atoms with Gasteiger partial charge in [-0.15, -0.1) is 11.3 Å². The molecule has 1 fully saturated rings. The summed E-state index contributed by atoms with van der Waals surface area (Å²) >= 11 is 1.77. The molecule has 0 aliphatic carbocycles. The maximum Gasteiger partial charge on any atom is 0.191 e. The van der Waals surface area contributed by atoms with E-state index in [0.29, 0.717) is 18.5 Å². The average Bonchev–Trinajstić information content (AvgIpc) is 3.05. The Kier molecular flexibility index (Phi) is 6.14. The van der Waals surface area contributed by atoms with E-state index in [0.717, 1.165) is 25.9 Å². The van der Waals surface area contributed by atoms with Gasteiger partial charge < -0.3 is 15.5 Å². The molecule has 0 radical (unpaired) electrons. The number of anilines is 1. The van der Waals surface area contributed by atoms with E-state index in [4.69, 9.17) is 0 Å². The minimum Gasteiger partial charge on any atom is -0.363 e. The van der Waals surface area contributed by atoms with Crippen molar-refractivity contribution in [3.8, 4) is 0 Å². The highest BCUT2D eigenvalue weighted by Crippen LogP contribution is 2.24. The zero-order valence-electron chi connectivity index (χ0n) is 14.9. The highest BCUT2D eigenvalue weighted by atomic mass is 32.2. The van der Waals surface area contributed by atoms with Gasteiger partial charge in [0.15, 0.2) is 15.8 Å². The summed E-state index contributed by atoms with van der Waals surface area (Å²) in [6, 6.07) is 4.60. The zero-order valence-corrected chi connectivity index (χ0v) is 16.5. The van der Waals surface area contributed by atoms with Crippen molar-refractivity contribution in [3.63, 3.8) is 0 Å². The molecular formula is C16H28N4O2S2. The molecule has 136 valence electrons. The van der Waals surface area contributed by atoms with Gasteiger partial charge in [0.05, 0.1) is 9.75 Å². The van der Waals surface area contributed by atoms with Crippen molar-refractivity contribution in [2.24, 2.45) is 4.99 Å². The normalized spacial score (nSPS) is 17.8. The van der Waals surface area contributed by atoms with Gasteiger partial charge in [0.2, 0.25) is 0 Å². The van der Waals surface area contributed by atoms with E-state index in [-0.39, 0.29) is 0 Å². The second-order valence-corrected chi connectivity index (χ2v) is 10.4. The monoisotopic (exact) mass is 372 g/mol. The van der Waals surface area contributed by atoms with Crippen LogP contribution in [0.3, 0.4) is 0 Å². The van der Waals surface area contributed by atoms with Crippen molar-refractivity contribution >= 4 is 32.1 Å². The summed E-state index contributed by atoms with van der Waals surface area (Å²) in [5, 5.41) is 10.00. The topological polar surface area (TPSA) is 73.8 Å². The van der Waals surface area contributed by atoms with Gasteiger partial charge in [-0.1, -0.05) is 0 Å². The highest BCUT2D eigenvalue weighted by molar-refractivity contribution is 7.92. The molecule has 0 saturated carbocycles. The molecule has 0 amide bonds. The van der Waals surface area contributed by atoms with Crippen LogP contribution < -0.4 is 15.5 Å². The van der Waals surface area contributed by atoms with Crippen molar-refractivity contribution in [1.29, 1.82) is 0 Å². The lowest BCUT2D eigenvalue weighted by molar-refractivity contribution is 0.461. The maximum absolute atomic E-state index is 11.8. The molecule has 1 aliphatic rings. The van der Waals surface area contributed by atoms with Crippen LogP contribution in [0.25, 0.3) is 0 Å². The Morgan fingerprint density at radius 3 is 2.58 bits per heavy atom. The van der Waals surface area contributed by atoms with Crippen LogP contribution in [0.1, 0.15) is 26.7 Å². The summed E-state index contributed by atoms with van der Waals surface area (Å²) in [6.07, 6.45) is 3.34. The Balaban J connectivity index is 1.82. The van der Waals surface area contributed by atoms with Gasteiger partial charge in [0, 0.05) is 39.0 Å². The largest absolute Gasteiger partial charge is 0.363 e. The van der Waals surface area contributed by atoms with Crippen LogP contribution in [0.4, 0.5) is 5.00 Å². The van der Waals surface area contributed by atoms with E-state index < -0.39 is 14.6 Å². The van der Waals surface area contributed by atoms with Crippen LogP contribution in [0.5, 0.6) is 0 Å². The van der Waals surface area contributed by atoms with Crippen LogP contribution in [0.2, 0.25) is 0 Å². The lowest BCUT2D eigenvalue weighted by Crippen LogP contribution is -2.52. The summed E-state index contributed by atoms with van der Waals surface area (Å²) in [4.78, 5) is 6.63. The minimum atomic E-state index is -3.12. The fourth-order valence-corrected chi connectivity index (χ4v) is 3.63. The van der Waals surface area contributed by atoms with Gasteiger partial charge in [-0.05, 0) is 44.2 Å². The molecule has 24 heavy (non-hydrogen) atoms. The smallest absolute Gasteiger partial charge is 0.191 e. The molecular weight excluding hydrogens is 344 g/mol. The van der Waals surface area contributed by atoms with Crippen molar-refractivity contribution in [2.75, 3.05) is 37.8 Å². The first-order valence-electron chi connectivity index (χ1n) is 8.18. The lowest BCUT2D eigenvalue weighted by atomic mass is 10.1. The molecule has 2 heterocycles. The third-order valence-electron chi connectivity index (χ3n) is 4.56. The van der Waals surface area contributed by atoms with Crippen molar-refractivity contribution in [1.82, 2.24) is 10.6 Å². The second kappa shape index (κ2) is 7.74. The Labute approximate surface area is 149 Å².